The molecule has 0 bridgehead atoms. The standard InChI is InChI=1S/C17H21NOS/c1-4-15(19)13-7-9-14(10-8-13)18-17(12(2)3)16-6-5-11-20-16/h5-12,17-18H,4H2,1-3H3. The van der Waals surface area contributed by atoms with Gasteiger partial charge >= 0.3 is 0 Å². The molecule has 1 atom stereocenters. The van der Waals surface area contributed by atoms with E-state index in [-0.39, 0.29) is 5.78 Å². The van der Waals surface area contributed by atoms with Crippen LogP contribution in [0.4, 0.5) is 5.69 Å². The van der Waals surface area contributed by atoms with Crippen LogP contribution in [0.25, 0.3) is 0 Å². The molecule has 2 nitrogen and oxygen atoms in total. The largest absolute Gasteiger partial charge is 0.377 e. The third-order valence-electron chi connectivity index (χ3n) is 3.37. The lowest BCUT2D eigenvalue weighted by molar-refractivity contribution is 0.0988. The Hall–Kier alpha value is -1.61. The number of anilines is 1. The molecular formula is C17H21NOS. The molecular weight excluding hydrogens is 266 g/mol. The first-order valence-electron chi connectivity index (χ1n) is 7.05. The minimum Gasteiger partial charge on any atom is -0.377 e. The second-order valence-electron chi connectivity index (χ2n) is 5.24. The Morgan fingerprint density at radius 3 is 2.40 bits per heavy atom. The van der Waals surface area contributed by atoms with Gasteiger partial charge in [-0.15, -0.1) is 11.3 Å². The summed E-state index contributed by atoms with van der Waals surface area (Å²) in [5.74, 6) is 0.695. The van der Waals surface area contributed by atoms with E-state index in [9.17, 15) is 4.79 Å². The first kappa shape index (κ1) is 14.8. The van der Waals surface area contributed by atoms with E-state index in [0.29, 0.717) is 18.4 Å². The first-order chi connectivity index (χ1) is 9.61. The molecule has 0 saturated carbocycles. The molecule has 0 saturated heterocycles. The molecule has 0 amide bonds. The number of hydrogen-bond acceptors (Lipinski definition) is 3. The van der Waals surface area contributed by atoms with Gasteiger partial charge in [0, 0.05) is 22.5 Å². The highest BCUT2D eigenvalue weighted by Crippen LogP contribution is 2.29. The number of benzene rings is 1. The zero-order valence-electron chi connectivity index (χ0n) is 12.2. The fourth-order valence-corrected chi connectivity index (χ4v) is 3.12. The molecule has 2 aromatic rings. The van der Waals surface area contributed by atoms with Crippen molar-refractivity contribution < 1.29 is 4.79 Å². The normalized spacial score (nSPS) is 12.4. The van der Waals surface area contributed by atoms with E-state index >= 15 is 0 Å². The summed E-state index contributed by atoms with van der Waals surface area (Å²) in [6, 6.07) is 12.3. The Morgan fingerprint density at radius 1 is 1.20 bits per heavy atom. The van der Waals surface area contributed by atoms with Crippen molar-refractivity contribution >= 4 is 22.8 Å². The molecule has 0 aliphatic heterocycles. The molecule has 0 fully saturated rings. The highest BCUT2D eigenvalue weighted by Gasteiger charge is 2.16. The SMILES string of the molecule is CCC(=O)c1ccc(NC(c2cccs2)C(C)C)cc1. The average Bonchev–Trinajstić information content (AvgIpc) is 2.98. The molecule has 20 heavy (non-hydrogen) atoms. The highest BCUT2D eigenvalue weighted by molar-refractivity contribution is 7.10. The van der Waals surface area contributed by atoms with Crippen LogP contribution in [0.1, 0.15) is 48.5 Å². The molecule has 1 N–H and O–H groups in total. The highest BCUT2D eigenvalue weighted by atomic mass is 32.1. The van der Waals surface area contributed by atoms with E-state index in [2.05, 4.69) is 36.7 Å². The lowest BCUT2D eigenvalue weighted by Crippen LogP contribution is -2.15. The van der Waals surface area contributed by atoms with Gasteiger partial charge in [0.25, 0.3) is 0 Å². The van der Waals surface area contributed by atoms with Gasteiger partial charge in [-0.1, -0.05) is 26.8 Å². The fraction of sp³-hybridized carbons (Fsp3) is 0.353. The minimum absolute atomic E-state index is 0.190. The number of Topliss-reactive ketones (excluding diaryl/α,β-unsaturated/α-hetero) is 1. The molecule has 2 rings (SSSR count). The van der Waals surface area contributed by atoms with Crippen molar-refractivity contribution in [3.63, 3.8) is 0 Å². The van der Waals surface area contributed by atoms with Crippen LogP contribution in [0.2, 0.25) is 0 Å². The molecule has 1 aromatic carbocycles. The summed E-state index contributed by atoms with van der Waals surface area (Å²) in [5, 5.41) is 5.67. The third kappa shape index (κ3) is 3.48. The predicted molar refractivity (Wildman–Crippen MR) is 86.6 cm³/mol. The summed E-state index contributed by atoms with van der Waals surface area (Å²) in [5.41, 5.74) is 1.85. The number of nitrogens with one attached hydrogen (secondary N) is 1. The molecule has 0 aliphatic rings. The van der Waals surface area contributed by atoms with Gasteiger partial charge in [-0.05, 0) is 41.6 Å². The lowest BCUT2D eigenvalue weighted by Gasteiger charge is -2.22. The zero-order chi connectivity index (χ0) is 14.5. The van der Waals surface area contributed by atoms with Crippen molar-refractivity contribution in [3.8, 4) is 0 Å². The van der Waals surface area contributed by atoms with Gasteiger partial charge in [-0.2, -0.15) is 0 Å². The Kier molecular flexibility index (Phi) is 4.96. The van der Waals surface area contributed by atoms with Crippen LogP contribution in [0.5, 0.6) is 0 Å². The Balaban J connectivity index is 2.13. The number of thiophene rings is 1. The van der Waals surface area contributed by atoms with Crippen LogP contribution in [-0.2, 0) is 0 Å². The quantitative estimate of drug-likeness (QED) is 0.744. The number of hydrogen-bond donors (Lipinski definition) is 1. The second kappa shape index (κ2) is 6.71. The van der Waals surface area contributed by atoms with Crippen molar-refractivity contribution in [2.45, 2.75) is 33.2 Å². The third-order valence-corrected chi connectivity index (χ3v) is 4.32. The summed E-state index contributed by atoms with van der Waals surface area (Å²) >= 11 is 1.77. The van der Waals surface area contributed by atoms with Crippen molar-refractivity contribution in [1.82, 2.24) is 0 Å². The van der Waals surface area contributed by atoms with Gasteiger partial charge in [0.05, 0.1) is 6.04 Å². The maximum Gasteiger partial charge on any atom is 0.162 e. The maximum atomic E-state index is 11.6. The van der Waals surface area contributed by atoms with Crippen LogP contribution in [-0.4, -0.2) is 5.78 Å². The zero-order valence-corrected chi connectivity index (χ0v) is 13.0. The minimum atomic E-state index is 0.190. The van der Waals surface area contributed by atoms with E-state index in [1.54, 1.807) is 11.3 Å². The Morgan fingerprint density at radius 2 is 1.90 bits per heavy atom. The summed E-state index contributed by atoms with van der Waals surface area (Å²) < 4.78 is 0. The molecule has 1 unspecified atom stereocenters. The van der Waals surface area contributed by atoms with Gasteiger partial charge in [0.15, 0.2) is 5.78 Å². The van der Waals surface area contributed by atoms with E-state index in [0.717, 1.165) is 11.3 Å². The summed E-state index contributed by atoms with van der Waals surface area (Å²) in [6.07, 6.45) is 0.552. The average molecular weight is 287 g/mol. The van der Waals surface area contributed by atoms with E-state index < -0.39 is 0 Å². The monoisotopic (exact) mass is 287 g/mol. The Labute approximate surface area is 124 Å². The number of ketones is 1. The number of carbonyl (C=O) groups excluding carboxylic acids is 1. The van der Waals surface area contributed by atoms with Crippen LogP contribution in [0.15, 0.2) is 41.8 Å². The Bertz CT molecular complexity index is 543. The van der Waals surface area contributed by atoms with Crippen molar-refractivity contribution in [2.75, 3.05) is 5.32 Å². The smallest absolute Gasteiger partial charge is 0.162 e. The van der Waals surface area contributed by atoms with Gasteiger partial charge < -0.3 is 5.32 Å². The van der Waals surface area contributed by atoms with E-state index in [4.69, 9.17) is 0 Å². The topological polar surface area (TPSA) is 29.1 Å². The van der Waals surface area contributed by atoms with E-state index in [1.807, 2.05) is 31.2 Å². The molecule has 106 valence electrons. The maximum absolute atomic E-state index is 11.6. The molecule has 1 heterocycles. The molecule has 0 aliphatic carbocycles. The second-order valence-corrected chi connectivity index (χ2v) is 6.21. The van der Waals surface area contributed by atoms with Gasteiger partial charge in [-0.3, -0.25) is 4.79 Å². The van der Waals surface area contributed by atoms with Crippen LogP contribution < -0.4 is 5.32 Å². The van der Waals surface area contributed by atoms with Crippen molar-refractivity contribution in [3.05, 3.63) is 52.2 Å². The van der Waals surface area contributed by atoms with Gasteiger partial charge in [0.1, 0.15) is 0 Å². The predicted octanol–water partition coefficient (Wildman–Crippen LogP) is 5.15. The first-order valence-corrected chi connectivity index (χ1v) is 7.93. The van der Waals surface area contributed by atoms with Gasteiger partial charge in [-0.25, -0.2) is 0 Å². The fourth-order valence-electron chi connectivity index (χ4n) is 2.17. The molecule has 3 heteroatoms. The van der Waals surface area contributed by atoms with Gasteiger partial charge in [0.2, 0.25) is 0 Å². The molecule has 0 spiro atoms. The van der Waals surface area contributed by atoms with Crippen LogP contribution in [0, 0.1) is 5.92 Å². The van der Waals surface area contributed by atoms with Crippen LogP contribution >= 0.6 is 11.3 Å². The molecule has 1 aromatic heterocycles. The number of carbonyl (C=O) groups is 1. The molecule has 0 radical (unpaired) electrons. The van der Waals surface area contributed by atoms with Crippen LogP contribution in [0.3, 0.4) is 0 Å². The summed E-state index contributed by atoms with van der Waals surface area (Å²) in [7, 11) is 0. The summed E-state index contributed by atoms with van der Waals surface area (Å²) in [6.45, 7) is 6.32. The van der Waals surface area contributed by atoms with Crippen molar-refractivity contribution in [1.29, 1.82) is 0 Å². The van der Waals surface area contributed by atoms with Crippen molar-refractivity contribution in [2.24, 2.45) is 5.92 Å². The number of rotatable bonds is 6. The van der Waals surface area contributed by atoms with E-state index in [1.165, 1.54) is 4.88 Å². The summed E-state index contributed by atoms with van der Waals surface area (Å²) in [4.78, 5) is 13.0. The lowest BCUT2D eigenvalue weighted by atomic mass is 10.0.